The van der Waals surface area contributed by atoms with Gasteiger partial charge in [-0.25, -0.2) is 9.97 Å². The van der Waals surface area contributed by atoms with Crippen molar-refractivity contribution in [3.05, 3.63) is 178 Å². The fourth-order valence-corrected chi connectivity index (χ4v) is 12.8. The summed E-state index contributed by atoms with van der Waals surface area (Å²) in [4.78, 5) is 34.6. The minimum Gasteiger partial charge on any atom is -0.497 e. The van der Waals surface area contributed by atoms with E-state index in [1.807, 2.05) is 48.8 Å². The molecule has 2 aliphatic carbocycles. The number of aromatic nitrogens is 6. The van der Waals surface area contributed by atoms with Gasteiger partial charge in [-0.2, -0.15) is 0 Å². The molecule has 2 aliphatic heterocycles. The van der Waals surface area contributed by atoms with Crippen LogP contribution in [0.5, 0.6) is 11.5 Å². The molecule has 2 N–H and O–H groups in total. The number of hydrogen-bond donors (Lipinski definition) is 2. The van der Waals surface area contributed by atoms with E-state index in [-0.39, 0.29) is 37.4 Å². The fraction of sp³-hybridized carbons (Fsp3) is 0.438. The second-order valence-corrected chi connectivity index (χ2v) is 22.2. The van der Waals surface area contributed by atoms with Crippen molar-refractivity contribution in [3.8, 4) is 11.5 Å². The van der Waals surface area contributed by atoms with Gasteiger partial charge in [0.05, 0.1) is 73.7 Å². The number of imidazole rings is 2. The smallest absolute Gasteiger partial charge is 0.138 e. The molecule has 2 fully saturated rings. The Morgan fingerprint density at radius 2 is 0.925 bits per heavy atom. The first-order valence-electron chi connectivity index (χ1n) is 28.9. The van der Waals surface area contributed by atoms with E-state index in [9.17, 15) is 10.2 Å². The Kier molecular flexibility index (Phi) is 17.1. The number of ether oxygens (including phenoxy) is 2. The van der Waals surface area contributed by atoms with Crippen LogP contribution in [-0.2, 0) is 39.1 Å². The summed E-state index contributed by atoms with van der Waals surface area (Å²) in [6.07, 6.45) is 10.3. The second kappa shape index (κ2) is 24.8. The van der Waals surface area contributed by atoms with Crippen molar-refractivity contribution in [2.75, 3.05) is 90.5 Å². The molecule has 0 unspecified atom stereocenters. The molecule has 12 rings (SSSR count). The van der Waals surface area contributed by atoms with Crippen LogP contribution in [0, 0.1) is 0 Å². The minimum atomic E-state index is -0.0640. The number of likely N-dealkylation sites (N-methyl/N-ethyl adjacent to an activating group) is 2. The normalized spacial score (nSPS) is 18.7. The number of aliphatic hydroxyl groups is 2. The van der Waals surface area contributed by atoms with Gasteiger partial charge in [-0.15, -0.1) is 0 Å². The molecular weight excluding hydrogens is 1000 g/mol. The van der Waals surface area contributed by atoms with Crippen LogP contribution in [0.3, 0.4) is 0 Å². The van der Waals surface area contributed by atoms with Crippen molar-refractivity contribution in [1.82, 2.24) is 48.3 Å². The summed E-state index contributed by atoms with van der Waals surface area (Å²) >= 11 is 0. The van der Waals surface area contributed by atoms with Crippen LogP contribution in [0.25, 0.3) is 11.3 Å². The first-order valence-corrected chi connectivity index (χ1v) is 28.9. The van der Waals surface area contributed by atoms with Crippen LogP contribution < -0.4 is 19.3 Å². The molecule has 16 nitrogen and oxygen atoms in total. The van der Waals surface area contributed by atoms with Crippen molar-refractivity contribution in [3.63, 3.8) is 0 Å². The molecule has 2 saturated heterocycles. The summed E-state index contributed by atoms with van der Waals surface area (Å²) in [7, 11) is 7.74. The molecule has 6 aromatic heterocycles. The molecule has 0 bridgehead atoms. The number of rotatable bonds is 16. The highest BCUT2D eigenvalue weighted by Crippen LogP contribution is 2.42. The highest BCUT2D eigenvalue weighted by Gasteiger charge is 2.35. The molecule has 4 aliphatic rings. The Morgan fingerprint density at radius 1 is 0.525 bits per heavy atom. The second-order valence-electron chi connectivity index (χ2n) is 22.2. The van der Waals surface area contributed by atoms with E-state index in [0.29, 0.717) is 13.1 Å². The molecule has 80 heavy (non-hydrogen) atoms. The third kappa shape index (κ3) is 11.4. The summed E-state index contributed by atoms with van der Waals surface area (Å²) in [6, 6.07) is 38.4. The van der Waals surface area contributed by atoms with E-state index in [1.165, 1.54) is 33.6 Å². The van der Waals surface area contributed by atoms with Crippen LogP contribution in [-0.4, -0.2) is 139 Å². The number of hydrogen-bond acceptors (Lipinski definition) is 14. The van der Waals surface area contributed by atoms with Crippen LogP contribution in [0.4, 0.5) is 11.6 Å². The monoisotopic (exact) mass is 1080 g/mol. The zero-order valence-electron chi connectivity index (χ0n) is 47.7. The zero-order valence-corrected chi connectivity index (χ0v) is 47.7. The summed E-state index contributed by atoms with van der Waals surface area (Å²) in [6.45, 7) is 13.6. The number of anilines is 2. The van der Waals surface area contributed by atoms with Gasteiger partial charge in [0.15, 0.2) is 0 Å². The van der Waals surface area contributed by atoms with Crippen molar-refractivity contribution in [1.29, 1.82) is 0 Å². The largest absolute Gasteiger partial charge is 0.497 e. The van der Waals surface area contributed by atoms with Crippen LogP contribution >= 0.6 is 0 Å². The van der Waals surface area contributed by atoms with Crippen molar-refractivity contribution in [2.24, 2.45) is 0 Å². The summed E-state index contributed by atoms with van der Waals surface area (Å²) in [5, 5.41) is 21.5. The molecule has 0 radical (unpaired) electrons. The SMILES string of the molecule is COc1ccc([C@H](C)N(Cc2nc3cccc(N4CCN(C)CC4)n3c2CO)[C@H]2CCCc3cccnc32)cc1.COc1ccc([C@H](C)N(Cc2nc3cccc(N4CCN(C)CC4)n3c2CO)[C@H]2CCCc3cccnc32)cc1. The van der Waals surface area contributed by atoms with E-state index >= 15 is 0 Å². The third-order valence-electron chi connectivity index (χ3n) is 17.5. The predicted molar refractivity (Wildman–Crippen MR) is 315 cm³/mol. The van der Waals surface area contributed by atoms with Gasteiger partial charge in [0.1, 0.15) is 34.4 Å². The zero-order chi connectivity index (χ0) is 55.3. The maximum atomic E-state index is 10.7. The Bertz CT molecular complexity index is 3110. The summed E-state index contributed by atoms with van der Waals surface area (Å²) in [5.41, 5.74) is 12.8. The molecule has 4 atom stereocenters. The van der Waals surface area contributed by atoms with Gasteiger partial charge in [0.25, 0.3) is 0 Å². The third-order valence-corrected chi connectivity index (χ3v) is 17.5. The molecule has 420 valence electrons. The Hall–Kier alpha value is -6.92. The van der Waals surface area contributed by atoms with Crippen LogP contribution in [0.15, 0.2) is 122 Å². The van der Waals surface area contributed by atoms with E-state index < -0.39 is 0 Å². The lowest BCUT2D eigenvalue weighted by Crippen LogP contribution is -2.45. The Balaban J connectivity index is 0.000000169. The lowest BCUT2D eigenvalue weighted by Gasteiger charge is -2.39. The minimum absolute atomic E-state index is 0.0640. The average molecular weight is 1080 g/mol. The molecular formula is C64H80N12O4. The number of piperazine rings is 2. The lowest BCUT2D eigenvalue weighted by molar-refractivity contribution is 0.113. The molecule has 2 aromatic carbocycles. The maximum Gasteiger partial charge on any atom is 0.138 e. The standard InChI is InChI=1S/2C32H40N6O2/c2*1-23(24-12-14-26(40-3)15-13-24)37(28-9-4-7-25-8-6-16-33-32(25)28)21-27-29(22-39)38-30(34-27)10-5-11-31(38)36-19-17-35(2)18-20-36/h2*5-6,8,10-16,23,28,39H,4,7,9,17-22H2,1-3H3/t2*23-,28-/m00/s1. The number of aryl methyl sites for hydroxylation is 2. The molecule has 8 aromatic rings. The first kappa shape index (κ1) is 55.0. The molecule has 0 spiro atoms. The fourth-order valence-electron chi connectivity index (χ4n) is 12.8. The van der Waals surface area contributed by atoms with Gasteiger partial charge in [-0.05, 0) is 149 Å². The highest BCUT2D eigenvalue weighted by atomic mass is 16.5. The van der Waals surface area contributed by atoms with Gasteiger partial charge >= 0.3 is 0 Å². The number of aliphatic hydroxyl groups excluding tert-OH is 2. The van der Waals surface area contributed by atoms with Crippen LogP contribution in [0.1, 0.15) is 120 Å². The van der Waals surface area contributed by atoms with Crippen molar-refractivity contribution >= 4 is 22.9 Å². The maximum absolute atomic E-state index is 10.7. The average Bonchev–Trinajstić information content (AvgIpc) is 4.08. The van der Waals surface area contributed by atoms with Crippen molar-refractivity contribution in [2.45, 2.75) is 103 Å². The number of nitrogens with zero attached hydrogens (tertiary/aromatic N) is 12. The summed E-state index contributed by atoms with van der Waals surface area (Å²) in [5.74, 6) is 3.92. The van der Waals surface area contributed by atoms with Crippen molar-refractivity contribution < 1.29 is 19.7 Å². The topological polar surface area (TPSA) is 139 Å². The number of pyridine rings is 4. The Labute approximate surface area is 471 Å². The van der Waals surface area contributed by atoms with Crippen LogP contribution in [0.2, 0.25) is 0 Å². The number of methoxy groups -OCH3 is 2. The molecule has 8 heterocycles. The van der Waals surface area contributed by atoms with E-state index in [1.54, 1.807) is 14.2 Å². The highest BCUT2D eigenvalue weighted by molar-refractivity contribution is 5.57. The lowest BCUT2D eigenvalue weighted by atomic mass is 9.89. The molecule has 16 heteroatoms. The predicted octanol–water partition coefficient (Wildman–Crippen LogP) is 9.25. The van der Waals surface area contributed by atoms with E-state index in [4.69, 9.17) is 29.4 Å². The van der Waals surface area contributed by atoms with Gasteiger partial charge in [-0.1, -0.05) is 48.5 Å². The van der Waals surface area contributed by atoms with E-state index in [2.05, 4.69) is 139 Å². The summed E-state index contributed by atoms with van der Waals surface area (Å²) < 4.78 is 15.2. The number of benzene rings is 2. The Morgan fingerprint density at radius 3 is 1.30 bits per heavy atom. The van der Waals surface area contributed by atoms with Gasteiger partial charge in [0.2, 0.25) is 0 Å². The van der Waals surface area contributed by atoms with Gasteiger partial charge < -0.3 is 39.3 Å². The molecule has 0 saturated carbocycles. The van der Waals surface area contributed by atoms with Gasteiger partial charge in [-0.3, -0.25) is 28.6 Å². The first-order chi connectivity index (χ1) is 39.1. The van der Waals surface area contributed by atoms with E-state index in [0.717, 1.165) is 148 Å². The van der Waals surface area contributed by atoms with Gasteiger partial charge in [0, 0.05) is 89.9 Å². The number of fused-ring (bicyclic) bond motifs is 4. The quantitative estimate of drug-likeness (QED) is 0.0951. The molecule has 0 amide bonds.